The van der Waals surface area contributed by atoms with Crippen LogP contribution < -0.4 is 24.6 Å². The fourth-order valence-electron chi connectivity index (χ4n) is 3.39. The van der Waals surface area contributed by atoms with Crippen LogP contribution in [0.4, 0.5) is 18.9 Å². The first-order valence-corrected chi connectivity index (χ1v) is 9.88. The van der Waals surface area contributed by atoms with Crippen LogP contribution in [0.15, 0.2) is 54.6 Å². The Balaban J connectivity index is 1.34. The van der Waals surface area contributed by atoms with E-state index in [9.17, 15) is 18.0 Å². The maximum absolute atomic E-state index is 12.2. The van der Waals surface area contributed by atoms with Crippen LogP contribution in [0.1, 0.15) is 0 Å². The molecule has 0 aliphatic carbocycles. The Bertz CT molecular complexity index is 793. The Labute approximate surface area is 173 Å². The number of rotatable bonds is 8. The van der Waals surface area contributed by atoms with Gasteiger partial charge in [-0.3, -0.25) is 4.79 Å². The van der Waals surface area contributed by atoms with Crippen molar-refractivity contribution in [2.45, 2.75) is 6.36 Å². The summed E-state index contributed by atoms with van der Waals surface area (Å²) in [5, 5.41) is 2.72. The molecule has 0 saturated carbocycles. The molecule has 2 aromatic rings. The monoisotopic (exact) mass is 425 g/mol. The summed E-state index contributed by atoms with van der Waals surface area (Å²) in [5.74, 6) is 0.391. The molecule has 0 aromatic heterocycles. The van der Waals surface area contributed by atoms with Crippen LogP contribution in [-0.2, 0) is 4.79 Å². The lowest BCUT2D eigenvalue weighted by molar-refractivity contribution is -1.01. The van der Waals surface area contributed by atoms with E-state index < -0.39 is 6.36 Å². The van der Waals surface area contributed by atoms with Crippen LogP contribution in [0.3, 0.4) is 0 Å². The first kappa shape index (κ1) is 21.9. The molecule has 1 heterocycles. The Morgan fingerprint density at radius 3 is 2.17 bits per heavy atom. The molecule has 3 rings (SSSR count). The van der Waals surface area contributed by atoms with Gasteiger partial charge in [-0.15, -0.1) is 13.2 Å². The maximum atomic E-state index is 12.2. The van der Waals surface area contributed by atoms with Crippen molar-refractivity contribution in [1.82, 2.24) is 0 Å². The zero-order valence-electron chi connectivity index (χ0n) is 16.5. The number of piperazine rings is 1. The van der Waals surface area contributed by atoms with Crippen LogP contribution in [0.5, 0.6) is 11.5 Å². The second-order valence-corrected chi connectivity index (χ2v) is 7.21. The number of halogens is 3. The molecule has 0 radical (unpaired) electrons. The lowest BCUT2D eigenvalue weighted by Gasteiger charge is -2.29. The number of hydrogen-bond acceptors (Lipinski definition) is 3. The summed E-state index contributed by atoms with van der Waals surface area (Å²) in [4.78, 5) is 14.9. The van der Waals surface area contributed by atoms with E-state index in [4.69, 9.17) is 4.74 Å². The van der Waals surface area contributed by atoms with Gasteiger partial charge in [-0.2, -0.15) is 0 Å². The van der Waals surface area contributed by atoms with Crippen molar-refractivity contribution in [1.29, 1.82) is 0 Å². The first-order chi connectivity index (χ1) is 14.4. The highest BCUT2D eigenvalue weighted by atomic mass is 19.4. The van der Waals surface area contributed by atoms with E-state index >= 15 is 0 Å². The number of ether oxygens (including phenoxy) is 2. The number of benzene rings is 2. The minimum Gasteiger partial charge on any atom is -0.488 e. The predicted molar refractivity (Wildman–Crippen MR) is 105 cm³/mol. The van der Waals surface area contributed by atoms with Crippen LogP contribution in [0, 0.1) is 0 Å². The molecule has 6 nitrogen and oxygen atoms in total. The summed E-state index contributed by atoms with van der Waals surface area (Å²) >= 11 is 0. The predicted octanol–water partition coefficient (Wildman–Crippen LogP) is 0.386. The van der Waals surface area contributed by atoms with Gasteiger partial charge in [0.2, 0.25) is 0 Å². The Kier molecular flexibility index (Phi) is 7.53. The molecule has 30 heavy (non-hydrogen) atoms. The fourth-order valence-corrected chi connectivity index (χ4v) is 3.39. The van der Waals surface area contributed by atoms with Gasteiger partial charge in [0, 0.05) is 5.69 Å². The van der Waals surface area contributed by atoms with Gasteiger partial charge in [0.1, 0.15) is 50.8 Å². The molecular weight excluding hydrogens is 399 g/mol. The molecule has 1 amide bonds. The van der Waals surface area contributed by atoms with Gasteiger partial charge in [0.15, 0.2) is 6.54 Å². The number of para-hydroxylation sites is 1. The molecule has 0 spiro atoms. The highest BCUT2D eigenvalue weighted by Gasteiger charge is 2.31. The summed E-state index contributed by atoms with van der Waals surface area (Å²) in [7, 11) is 0. The van der Waals surface area contributed by atoms with Crippen molar-refractivity contribution in [3.05, 3.63) is 54.6 Å². The Hall–Kier alpha value is -2.78. The van der Waals surface area contributed by atoms with Crippen molar-refractivity contribution in [3.8, 4) is 11.5 Å². The molecule has 1 aliphatic rings. The standard InChI is InChI=1S/C21H24F3N3O3/c22-21(23,24)30-19-8-6-17(7-9-19)25-20(28)16-27-12-10-26(11-13-27)14-15-29-18-4-2-1-3-5-18/h1-9H,10-16H2,(H,25,28)/p+2. The molecule has 1 aliphatic heterocycles. The SMILES string of the molecule is O=C(C[NH+]1CC[NH+](CCOc2ccccc2)CC1)Nc1ccc(OC(F)(F)F)cc1. The summed E-state index contributed by atoms with van der Waals surface area (Å²) in [6, 6.07) is 14.9. The highest BCUT2D eigenvalue weighted by molar-refractivity contribution is 5.91. The second-order valence-electron chi connectivity index (χ2n) is 7.21. The van der Waals surface area contributed by atoms with Crippen molar-refractivity contribution in [3.63, 3.8) is 0 Å². The minimum atomic E-state index is -4.73. The molecule has 162 valence electrons. The van der Waals surface area contributed by atoms with Crippen LogP contribution in [0.2, 0.25) is 0 Å². The molecule has 3 N–H and O–H groups in total. The summed E-state index contributed by atoms with van der Waals surface area (Å²) in [6.45, 7) is 5.59. The minimum absolute atomic E-state index is 0.162. The van der Waals surface area contributed by atoms with E-state index in [2.05, 4.69) is 10.1 Å². The summed E-state index contributed by atoms with van der Waals surface area (Å²) in [6.07, 6.45) is -4.73. The molecule has 9 heteroatoms. The van der Waals surface area contributed by atoms with Crippen molar-refractivity contribution >= 4 is 11.6 Å². The lowest BCUT2D eigenvalue weighted by atomic mass is 10.3. The fraction of sp³-hybridized carbons (Fsp3) is 0.381. The third-order valence-corrected chi connectivity index (χ3v) is 4.91. The molecule has 0 atom stereocenters. The van der Waals surface area contributed by atoms with Crippen LogP contribution in [0.25, 0.3) is 0 Å². The second kappa shape index (κ2) is 10.3. The summed E-state index contributed by atoms with van der Waals surface area (Å²) < 4.78 is 46.1. The molecule has 1 fully saturated rings. The summed E-state index contributed by atoms with van der Waals surface area (Å²) in [5.41, 5.74) is 0.441. The van der Waals surface area contributed by atoms with E-state index in [0.717, 1.165) is 38.5 Å². The van der Waals surface area contributed by atoms with Crippen LogP contribution in [-0.4, -0.2) is 58.1 Å². The molecular formula is C21H26F3N3O3+2. The zero-order chi connectivity index (χ0) is 21.4. The van der Waals surface area contributed by atoms with Crippen LogP contribution >= 0.6 is 0 Å². The number of amides is 1. The largest absolute Gasteiger partial charge is 0.573 e. The zero-order valence-corrected chi connectivity index (χ0v) is 16.5. The number of carbonyl (C=O) groups excluding carboxylic acids is 1. The molecule has 2 aromatic carbocycles. The van der Waals surface area contributed by atoms with Gasteiger partial charge in [0.25, 0.3) is 5.91 Å². The van der Waals surface area contributed by atoms with Gasteiger partial charge in [-0.1, -0.05) is 18.2 Å². The number of anilines is 1. The van der Waals surface area contributed by atoms with Gasteiger partial charge in [0.05, 0.1) is 0 Å². The lowest BCUT2D eigenvalue weighted by Crippen LogP contribution is -3.28. The van der Waals surface area contributed by atoms with E-state index in [-0.39, 0.29) is 11.7 Å². The number of nitrogens with one attached hydrogen (secondary N) is 3. The van der Waals surface area contributed by atoms with E-state index in [0.29, 0.717) is 18.8 Å². The van der Waals surface area contributed by atoms with Gasteiger partial charge in [-0.05, 0) is 36.4 Å². The van der Waals surface area contributed by atoms with Gasteiger partial charge >= 0.3 is 6.36 Å². The smallest absolute Gasteiger partial charge is 0.488 e. The third kappa shape index (κ3) is 7.57. The molecule has 0 unspecified atom stereocenters. The average molecular weight is 425 g/mol. The maximum Gasteiger partial charge on any atom is 0.573 e. The average Bonchev–Trinajstić information content (AvgIpc) is 2.70. The topological polar surface area (TPSA) is 56.4 Å². The normalized spacial score (nSPS) is 19.2. The third-order valence-electron chi connectivity index (χ3n) is 4.91. The van der Waals surface area contributed by atoms with Gasteiger partial charge in [-0.25, -0.2) is 0 Å². The molecule has 1 saturated heterocycles. The number of carbonyl (C=O) groups is 1. The van der Waals surface area contributed by atoms with E-state index in [1.807, 2.05) is 30.3 Å². The number of hydrogen-bond donors (Lipinski definition) is 3. The quantitative estimate of drug-likeness (QED) is 0.574. The van der Waals surface area contributed by atoms with E-state index in [1.165, 1.54) is 34.1 Å². The van der Waals surface area contributed by atoms with Gasteiger partial charge < -0.3 is 24.6 Å². The number of alkyl halides is 3. The number of quaternary nitrogens is 2. The van der Waals surface area contributed by atoms with E-state index in [1.54, 1.807) is 0 Å². The highest BCUT2D eigenvalue weighted by Crippen LogP contribution is 2.23. The Morgan fingerprint density at radius 1 is 0.900 bits per heavy atom. The van der Waals surface area contributed by atoms with Crippen molar-refractivity contribution < 1.29 is 37.2 Å². The Morgan fingerprint density at radius 2 is 1.53 bits per heavy atom. The molecule has 0 bridgehead atoms. The van der Waals surface area contributed by atoms with Crippen molar-refractivity contribution in [2.75, 3.05) is 51.2 Å². The first-order valence-electron chi connectivity index (χ1n) is 9.88. The van der Waals surface area contributed by atoms with Crippen molar-refractivity contribution in [2.24, 2.45) is 0 Å².